The summed E-state index contributed by atoms with van der Waals surface area (Å²) in [7, 11) is 1.80. The van der Waals surface area contributed by atoms with Gasteiger partial charge in [0, 0.05) is 31.5 Å². The van der Waals surface area contributed by atoms with Gasteiger partial charge >= 0.3 is 0 Å². The number of amides is 1. The third-order valence-electron chi connectivity index (χ3n) is 5.51. The zero-order valence-electron chi connectivity index (χ0n) is 18.9. The van der Waals surface area contributed by atoms with Gasteiger partial charge in [0.05, 0.1) is 24.2 Å². The number of aryl methyl sites for hydroxylation is 1. The number of para-hydroxylation sites is 3. The lowest BCUT2D eigenvalue weighted by Gasteiger charge is -2.18. The van der Waals surface area contributed by atoms with Gasteiger partial charge in [-0.25, -0.2) is 4.98 Å². The Labute approximate surface area is 194 Å². The minimum Gasteiger partial charge on any atom is -0.493 e. The molecule has 0 radical (unpaired) electrons. The molecule has 6 nitrogen and oxygen atoms in total. The van der Waals surface area contributed by atoms with Crippen molar-refractivity contribution in [3.8, 4) is 5.75 Å². The molecular formula is C27H28N4O2. The van der Waals surface area contributed by atoms with Crippen LogP contribution in [0.5, 0.6) is 5.75 Å². The van der Waals surface area contributed by atoms with Crippen molar-refractivity contribution < 1.29 is 9.53 Å². The van der Waals surface area contributed by atoms with E-state index in [-0.39, 0.29) is 5.91 Å². The molecule has 0 N–H and O–H groups in total. The number of carbonyl (C=O) groups excluding carboxylic acids is 1. The minimum absolute atomic E-state index is 0.0573. The number of ether oxygens (including phenoxy) is 1. The normalized spacial score (nSPS) is 10.8. The van der Waals surface area contributed by atoms with E-state index in [1.807, 2.05) is 42.5 Å². The van der Waals surface area contributed by atoms with Crippen molar-refractivity contribution in [2.45, 2.75) is 25.9 Å². The Morgan fingerprint density at radius 1 is 1.09 bits per heavy atom. The minimum atomic E-state index is -0.0573. The highest BCUT2D eigenvalue weighted by atomic mass is 16.5. The van der Waals surface area contributed by atoms with Crippen molar-refractivity contribution in [2.24, 2.45) is 0 Å². The predicted molar refractivity (Wildman–Crippen MR) is 130 cm³/mol. The maximum atomic E-state index is 12.8. The topological polar surface area (TPSA) is 60.2 Å². The van der Waals surface area contributed by atoms with Crippen LogP contribution >= 0.6 is 0 Å². The molecule has 4 rings (SSSR count). The number of fused-ring (bicyclic) bond motifs is 1. The largest absolute Gasteiger partial charge is 0.493 e. The standard InChI is InChI=1S/C27H28N4O2/c1-3-9-21-10-4-7-13-25(21)33-19-8-18-31-24-12-6-5-11-23(24)29-26(31)20-30(2)27(32)22-14-16-28-17-15-22/h3-7,10-17H,1,8-9,18-20H2,2H3. The van der Waals surface area contributed by atoms with E-state index in [1.54, 1.807) is 36.5 Å². The molecule has 6 heteroatoms. The number of carbonyl (C=O) groups is 1. The van der Waals surface area contributed by atoms with E-state index in [0.29, 0.717) is 18.7 Å². The molecule has 2 heterocycles. The Balaban J connectivity index is 1.46. The highest BCUT2D eigenvalue weighted by molar-refractivity contribution is 5.93. The van der Waals surface area contributed by atoms with E-state index in [4.69, 9.17) is 9.72 Å². The van der Waals surface area contributed by atoms with Gasteiger partial charge in [-0.15, -0.1) is 6.58 Å². The number of nitrogens with zero attached hydrogens (tertiary/aromatic N) is 4. The highest BCUT2D eigenvalue weighted by Gasteiger charge is 2.17. The first-order valence-electron chi connectivity index (χ1n) is 11.1. The quantitative estimate of drug-likeness (QED) is 0.260. The molecule has 0 unspecified atom stereocenters. The second kappa shape index (κ2) is 10.6. The lowest BCUT2D eigenvalue weighted by molar-refractivity contribution is 0.0780. The van der Waals surface area contributed by atoms with Crippen LogP contribution < -0.4 is 4.74 Å². The Bertz CT molecular complexity index is 1230. The molecule has 4 aromatic rings. The van der Waals surface area contributed by atoms with Crippen LogP contribution in [0.25, 0.3) is 11.0 Å². The van der Waals surface area contributed by atoms with Crippen LogP contribution in [-0.2, 0) is 19.5 Å². The molecule has 33 heavy (non-hydrogen) atoms. The van der Waals surface area contributed by atoms with Crippen LogP contribution in [0.15, 0.2) is 85.7 Å². The van der Waals surface area contributed by atoms with Gasteiger partial charge in [0.15, 0.2) is 0 Å². The van der Waals surface area contributed by atoms with E-state index in [1.165, 1.54) is 0 Å². The van der Waals surface area contributed by atoms with E-state index >= 15 is 0 Å². The summed E-state index contributed by atoms with van der Waals surface area (Å²) >= 11 is 0. The second-order valence-corrected chi connectivity index (χ2v) is 7.87. The number of hydrogen-bond acceptors (Lipinski definition) is 4. The Morgan fingerprint density at radius 3 is 2.67 bits per heavy atom. The summed E-state index contributed by atoms with van der Waals surface area (Å²) in [5, 5.41) is 0. The molecule has 0 atom stereocenters. The maximum absolute atomic E-state index is 12.8. The lowest BCUT2D eigenvalue weighted by Crippen LogP contribution is -2.28. The zero-order valence-corrected chi connectivity index (χ0v) is 18.9. The summed E-state index contributed by atoms with van der Waals surface area (Å²) in [5.41, 5.74) is 3.73. The monoisotopic (exact) mass is 440 g/mol. The summed E-state index contributed by atoms with van der Waals surface area (Å²) in [5.74, 6) is 1.70. The zero-order chi connectivity index (χ0) is 23.0. The molecule has 168 valence electrons. The third kappa shape index (κ3) is 5.29. The molecule has 0 aliphatic heterocycles. The van der Waals surface area contributed by atoms with Gasteiger partial charge in [0.25, 0.3) is 5.91 Å². The Hall–Kier alpha value is -3.93. The molecule has 1 amide bonds. The van der Waals surface area contributed by atoms with Crippen molar-refractivity contribution in [3.63, 3.8) is 0 Å². The van der Waals surface area contributed by atoms with Crippen LogP contribution in [0.3, 0.4) is 0 Å². The fraction of sp³-hybridized carbons (Fsp3) is 0.222. The highest BCUT2D eigenvalue weighted by Crippen LogP contribution is 2.21. The average molecular weight is 441 g/mol. The van der Waals surface area contributed by atoms with Crippen molar-refractivity contribution in [1.82, 2.24) is 19.4 Å². The first kappa shape index (κ1) is 22.3. The molecule has 0 aliphatic carbocycles. The van der Waals surface area contributed by atoms with Crippen LogP contribution in [0.2, 0.25) is 0 Å². The van der Waals surface area contributed by atoms with E-state index < -0.39 is 0 Å². The Morgan fingerprint density at radius 2 is 1.85 bits per heavy atom. The fourth-order valence-electron chi connectivity index (χ4n) is 3.87. The van der Waals surface area contributed by atoms with E-state index in [0.717, 1.165) is 47.6 Å². The third-order valence-corrected chi connectivity index (χ3v) is 5.51. The molecule has 2 aromatic heterocycles. The summed E-state index contributed by atoms with van der Waals surface area (Å²) in [4.78, 5) is 23.3. The van der Waals surface area contributed by atoms with Crippen LogP contribution in [0.1, 0.15) is 28.2 Å². The van der Waals surface area contributed by atoms with Crippen molar-refractivity contribution >= 4 is 16.9 Å². The van der Waals surface area contributed by atoms with Gasteiger partial charge in [-0.3, -0.25) is 9.78 Å². The molecule has 0 spiro atoms. The van der Waals surface area contributed by atoms with Crippen molar-refractivity contribution in [1.29, 1.82) is 0 Å². The van der Waals surface area contributed by atoms with Gasteiger partial charge in [-0.2, -0.15) is 0 Å². The predicted octanol–water partition coefficient (Wildman–Crippen LogP) is 4.90. The maximum Gasteiger partial charge on any atom is 0.254 e. The van der Waals surface area contributed by atoms with Gasteiger partial charge < -0.3 is 14.2 Å². The second-order valence-electron chi connectivity index (χ2n) is 7.87. The fourth-order valence-corrected chi connectivity index (χ4v) is 3.87. The number of aromatic nitrogens is 3. The van der Waals surface area contributed by atoms with Gasteiger partial charge in [0.1, 0.15) is 11.6 Å². The van der Waals surface area contributed by atoms with Crippen molar-refractivity contribution in [3.05, 3.63) is 103 Å². The van der Waals surface area contributed by atoms with E-state index in [2.05, 4.69) is 28.3 Å². The molecule has 2 aromatic carbocycles. The molecular weight excluding hydrogens is 412 g/mol. The number of rotatable bonds is 10. The smallest absolute Gasteiger partial charge is 0.254 e. The molecule has 0 saturated carbocycles. The summed E-state index contributed by atoms with van der Waals surface area (Å²) < 4.78 is 8.25. The van der Waals surface area contributed by atoms with Crippen LogP contribution in [-0.4, -0.2) is 39.0 Å². The Kier molecular flexibility index (Phi) is 7.15. The first-order chi connectivity index (χ1) is 16.2. The number of pyridine rings is 1. The molecule has 0 aliphatic rings. The molecule has 0 saturated heterocycles. The summed E-state index contributed by atoms with van der Waals surface area (Å²) in [6.07, 6.45) is 6.74. The van der Waals surface area contributed by atoms with Gasteiger partial charge in [-0.1, -0.05) is 36.4 Å². The molecule has 0 bridgehead atoms. The number of allylic oxidation sites excluding steroid dienone is 1. The summed E-state index contributed by atoms with van der Waals surface area (Å²) in [6.45, 7) is 5.58. The first-order valence-corrected chi connectivity index (χ1v) is 11.1. The molecule has 0 fully saturated rings. The van der Waals surface area contributed by atoms with Crippen molar-refractivity contribution in [2.75, 3.05) is 13.7 Å². The van der Waals surface area contributed by atoms with Crippen LogP contribution in [0, 0.1) is 0 Å². The van der Waals surface area contributed by atoms with E-state index in [9.17, 15) is 4.79 Å². The number of imidazole rings is 1. The van der Waals surface area contributed by atoms with Crippen LogP contribution in [0.4, 0.5) is 0 Å². The number of hydrogen-bond donors (Lipinski definition) is 0. The van der Waals surface area contributed by atoms with Gasteiger partial charge in [0.2, 0.25) is 0 Å². The average Bonchev–Trinajstić information content (AvgIpc) is 3.19. The SMILES string of the molecule is C=CCc1ccccc1OCCCn1c(CN(C)C(=O)c2ccncc2)nc2ccccc21. The lowest BCUT2D eigenvalue weighted by atomic mass is 10.1. The van der Waals surface area contributed by atoms with Gasteiger partial charge in [-0.05, 0) is 48.7 Å². The number of benzene rings is 2. The summed E-state index contributed by atoms with van der Waals surface area (Å²) in [6, 6.07) is 19.6.